The molecule has 0 aromatic heterocycles. The van der Waals surface area contributed by atoms with Crippen molar-refractivity contribution in [1.82, 2.24) is 37.2 Å². The summed E-state index contributed by atoms with van der Waals surface area (Å²) >= 11 is 0. The van der Waals surface area contributed by atoms with Gasteiger partial charge in [0, 0.05) is 19.4 Å². The van der Waals surface area contributed by atoms with Crippen molar-refractivity contribution in [3.8, 4) is 0 Å². The molecular formula is C69H69N7O8. The van der Waals surface area contributed by atoms with Gasteiger partial charge >= 0.3 is 6.09 Å². The van der Waals surface area contributed by atoms with Crippen molar-refractivity contribution >= 4 is 106 Å². The monoisotopic (exact) mass is 1120 g/mol. The Hall–Kier alpha value is -9.63. The Balaban J connectivity index is 0.817. The van der Waals surface area contributed by atoms with Crippen molar-refractivity contribution in [3.05, 3.63) is 192 Å². The second-order valence-electron chi connectivity index (χ2n) is 23.9. The fourth-order valence-corrected chi connectivity index (χ4v) is 10.9. The summed E-state index contributed by atoms with van der Waals surface area (Å²) in [5, 5.41) is 32.7. The Labute approximate surface area is 487 Å². The van der Waals surface area contributed by atoms with E-state index < -0.39 is 75.8 Å². The molecule has 7 amide bonds. The molecule has 2 atom stereocenters. The Morgan fingerprint density at radius 3 is 1.26 bits per heavy atom. The summed E-state index contributed by atoms with van der Waals surface area (Å²) in [6.07, 6.45) is -0.635. The summed E-state index contributed by atoms with van der Waals surface area (Å²) in [5.74, 6) is -3.98. The zero-order chi connectivity index (χ0) is 59.7. The molecule has 0 unspecified atom stereocenters. The van der Waals surface area contributed by atoms with Crippen molar-refractivity contribution in [1.29, 1.82) is 0 Å². The van der Waals surface area contributed by atoms with E-state index in [1.54, 1.807) is 36.4 Å². The van der Waals surface area contributed by atoms with Gasteiger partial charge in [-0.1, -0.05) is 170 Å². The van der Waals surface area contributed by atoms with E-state index in [4.69, 9.17) is 4.74 Å². The lowest BCUT2D eigenvalue weighted by atomic mass is 9.90. The van der Waals surface area contributed by atoms with Gasteiger partial charge in [-0.05, 0) is 142 Å². The van der Waals surface area contributed by atoms with Crippen LogP contribution in [0, 0.1) is 0 Å². The predicted octanol–water partition coefficient (Wildman–Crippen LogP) is 9.94. The van der Waals surface area contributed by atoms with Crippen LogP contribution in [0.4, 0.5) is 4.79 Å². The van der Waals surface area contributed by atoms with Crippen LogP contribution in [0.2, 0.25) is 0 Å². The molecule has 428 valence electrons. The van der Waals surface area contributed by atoms with Gasteiger partial charge in [-0.2, -0.15) is 0 Å². The third-order valence-corrected chi connectivity index (χ3v) is 15.8. The maximum absolute atomic E-state index is 14.8. The van der Waals surface area contributed by atoms with E-state index in [0.717, 1.165) is 86.9 Å². The van der Waals surface area contributed by atoms with Crippen LogP contribution in [0.25, 0.3) is 64.6 Å². The first-order chi connectivity index (χ1) is 40.0. The highest BCUT2D eigenvalue weighted by Crippen LogP contribution is 2.38. The Morgan fingerprint density at radius 2 is 0.762 bits per heavy atom. The standard InChI is InChI=1S/C69H69N7O8/c1-66(2,74-63(81)68(5,6)76-64(82)69(7,8)75-62(80)67(3,4)73-60(78)53(37-41-17-11-9-12-18-41)72-65(83)84-40-42-19-13-10-14-20-42)61(79)71-54(38-49-31-29-47-27-25-43-21-15-23-45-33-35-51(49)57(47)55(43)45)59(77)70-39-50-32-30-48-28-26-44-22-16-24-46-34-36-52(50)58(48)56(44)46/h9-36,53-54H,37-40H2,1-8H3,(H,70,77)(H,71,79)(H,72,83)(H,73,78)(H,74,81)(H,75,80)(H,76,82)/t53-,54-/m0/s1. The lowest BCUT2D eigenvalue weighted by molar-refractivity contribution is -0.141. The van der Waals surface area contributed by atoms with E-state index in [2.05, 4.69) is 116 Å². The van der Waals surface area contributed by atoms with Crippen LogP contribution >= 0.6 is 0 Å². The second-order valence-corrected chi connectivity index (χ2v) is 23.9. The van der Waals surface area contributed by atoms with Crippen LogP contribution in [0.1, 0.15) is 77.6 Å². The zero-order valence-electron chi connectivity index (χ0n) is 48.4. The molecular weight excluding hydrogens is 1050 g/mol. The van der Waals surface area contributed by atoms with Gasteiger partial charge in [-0.15, -0.1) is 0 Å². The van der Waals surface area contributed by atoms with Crippen molar-refractivity contribution in [3.63, 3.8) is 0 Å². The fraction of sp³-hybridized carbons (Fsp3) is 0.261. The largest absolute Gasteiger partial charge is 0.445 e. The van der Waals surface area contributed by atoms with Gasteiger partial charge in [0.2, 0.25) is 35.4 Å². The number of nitrogens with one attached hydrogen (secondary N) is 7. The minimum Gasteiger partial charge on any atom is -0.445 e. The lowest BCUT2D eigenvalue weighted by Crippen LogP contribution is -2.68. The molecule has 10 rings (SSSR count). The third-order valence-electron chi connectivity index (χ3n) is 15.8. The van der Waals surface area contributed by atoms with Crippen molar-refractivity contribution < 1.29 is 38.3 Å². The molecule has 0 aliphatic rings. The van der Waals surface area contributed by atoms with E-state index in [1.165, 1.54) is 55.4 Å². The first-order valence-electron chi connectivity index (χ1n) is 28.2. The number of alkyl carbamates (subject to hydrolysis) is 1. The molecule has 0 saturated carbocycles. The summed E-state index contributed by atoms with van der Waals surface area (Å²) in [5.41, 5.74) is -3.33. The highest BCUT2D eigenvalue weighted by molar-refractivity contribution is 6.25. The Kier molecular flexibility index (Phi) is 15.7. The number of hydrogen-bond donors (Lipinski definition) is 7. The minimum absolute atomic E-state index is 0.0270. The van der Waals surface area contributed by atoms with Crippen LogP contribution in [0.5, 0.6) is 0 Å². The quantitative estimate of drug-likeness (QED) is 0.0364. The van der Waals surface area contributed by atoms with E-state index in [-0.39, 0.29) is 26.0 Å². The first kappa shape index (κ1) is 57.6. The van der Waals surface area contributed by atoms with Gasteiger partial charge in [-0.25, -0.2) is 4.79 Å². The maximum Gasteiger partial charge on any atom is 0.408 e. The smallest absolute Gasteiger partial charge is 0.408 e. The molecule has 0 aliphatic carbocycles. The number of ether oxygens (including phenoxy) is 1. The molecule has 10 aromatic rings. The van der Waals surface area contributed by atoms with Crippen molar-refractivity contribution in [2.24, 2.45) is 0 Å². The predicted molar refractivity (Wildman–Crippen MR) is 330 cm³/mol. The molecule has 7 N–H and O–H groups in total. The van der Waals surface area contributed by atoms with Crippen molar-refractivity contribution in [2.75, 3.05) is 0 Å². The highest BCUT2D eigenvalue weighted by atomic mass is 16.5. The lowest BCUT2D eigenvalue weighted by Gasteiger charge is -2.36. The van der Waals surface area contributed by atoms with Gasteiger partial charge < -0.3 is 42.0 Å². The molecule has 10 aromatic carbocycles. The molecule has 15 nitrogen and oxygen atoms in total. The normalized spacial score (nSPS) is 13.0. The molecule has 0 spiro atoms. The van der Waals surface area contributed by atoms with E-state index in [1.807, 2.05) is 54.6 Å². The van der Waals surface area contributed by atoms with Crippen LogP contribution in [-0.4, -0.2) is 75.8 Å². The van der Waals surface area contributed by atoms with Gasteiger partial charge in [0.05, 0.1) is 0 Å². The maximum atomic E-state index is 14.8. The summed E-state index contributed by atoms with van der Waals surface area (Å²) < 4.78 is 5.41. The molecule has 0 radical (unpaired) electrons. The fourth-order valence-electron chi connectivity index (χ4n) is 10.9. The molecule has 0 aliphatic heterocycles. The highest BCUT2D eigenvalue weighted by Gasteiger charge is 2.43. The summed E-state index contributed by atoms with van der Waals surface area (Å²) in [6.45, 7) is 11.9. The van der Waals surface area contributed by atoms with Gasteiger partial charge in [0.25, 0.3) is 0 Å². The van der Waals surface area contributed by atoms with Gasteiger partial charge in [0.15, 0.2) is 0 Å². The van der Waals surface area contributed by atoms with Crippen LogP contribution in [0.3, 0.4) is 0 Å². The number of benzene rings is 10. The second kappa shape index (κ2) is 23.0. The van der Waals surface area contributed by atoms with Crippen LogP contribution in [-0.2, 0) is 59.5 Å². The number of rotatable bonds is 20. The Morgan fingerprint density at radius 1 is 0.369 bits per heavy atom. The van der Waals surface area contributed by atoms with E-state index in [0.29, 0.717) is 0 Å². The molecule has 0 bridgehead atoms. The molecule has 15 heteroatoms. The summed E-state index contributed by atoms with van der Waals surface area (Å²) in [6, 6.07) is 53.1. The molecule has 0 heterocycles. The number of amides is 7. The topological polar surface area (TPSA) is 213 Å². The molecule has 0 saturated heterocycles. The molecule has 84 heavy (non-hydrogen) atoms. The number of carbonyl (C=O) groups is 7. The average Bonchev–Trinajstić information content (AvgIpc) is 1.79. The minimum atomic E-state index is -1.66. The first-order valence-corrected chi connectivity index (χ1v) is 28.2. The van der Waals surface area contributed by atoms with Gasteiger partial charge in [-0.3, -0.25) is 28.8 Å². The third kappa shape index (κ3) is 12.1. The summed E-state index contributed by atoms with van der Waals surface area (Å²) in [4.78, 5) is 98.8. The Bertz CT molecular complexity index is 4130. The van der Waals surface area contributed by atoms with E-state index in [9.17, 15) is 33.6 Å². The van der Waals surface area contributed by atoms with Crippen molar-refractivity contribution in [2.45, 2.75) is 116 Å². The number of carbonyl (C=O) groups excluding carboxylic acids is 7. The van der Waals surface area contributed by atoms with Gasteiger partial charge in [0.1, 0.15) is 40.8 Å². The van der Waals surface area contributed by atoms with Crippen LogP contribution < -0.4 is 37.2 Å². The summed E-state index contributed by atoms with van der Waals surface area (Å²) in [7, 11) is 0. The average molecular weight is 1120 g/mol. The molecule has 0 fully saturated rings. The zero-order valence-corrected chi connectivity index (χ0v) is 48.4. The van der Waals surface area contributed by atoms with E-state index >= 15 is 0 Å². The number of hydrogen-bond acceptors (Lipinski definition) is 8. The van der Waals surface area contributed by atoms with Crippen LogP contribution in [0.15, 0.2) is 170 Å². The SMILES string of the molecule is CC(C)(NC(=O)[C@H](Cc1ccccc1)NC(=O)OCc1ccccc1)C(=O)NC(C)(C)C(=O)NC(C)(C)C(=O)NC(C)(C)C(=O)N[C@@H](Cc1ccc2ccc3cccc4ccc1c2c34)C(=O)NCc1ccc2ccc3cccc4ccc1c2c34.